The molecule has 2 aromatic rings. The maximum Gasteiger partial charge on any atom is 0.231 e. The number of carbonyl (C=O) groups is 1. The van der Waals surface area contributed by atoms with Crippen molar-refractivity contribution in [2.24, 2.45) is 0 Å². The Morgan fingerprint density at radius 2 is 2.36 bits per heavy atom. The Labute approximate surface area is 128 Å². The minimum absolute atomic E-state index is 0.0733. The summed E-state index contributed by atoms with van der Waals surface area (Å²) in [5.41, 5.74) is 0.807. The third kappa shape index (κ3) is 3.32. The van der Waals surface area contributed by atoms with E-state index in [1.54, 1.807) is 13.0 Å². The first-order valence-corrected chi connectivity index (χ1v) is 7.44. The highest BCUT2D eigenvalue weighted by Gasteiger charge is 2.27. The molecule has 1 aliphatic rings. The van der Waals surface area contributed by atoms with Gasteiger partial charge in [-0.05, 0) is 30.5 Å². The molecule has 6 heteroatoms. The first kappa shape index (κ1) is 14.7. The topological polar surface area (TPSA) is 59.2 Å². The van der Waals surface area contributed by atoms with Crippen molar-refractivity contribution < 1.29 is 13.7 Å². The van der Waals surface area contributed by atoms with Crippen LogP contribution in [0.25, 0.3) is 0 Å². The third-order valence-electron chi connectivity index (χ3n) is 3.95. The second kappa shape index (κ2) is 6.25. The van der Waals surface area contributed by atoms with Crippen LogP contribution in [0.4, 0.5) is 4.39 Å². The normalized spacial score (nSPS) is 18.5. The first-order valence-electron chi connectivity index (χ1n) is 7.44. The van der Waals surface area contributed by atoms with Crippen LogP contribution in [0.15, 0.2) is 28.8 Å². The molecule has 116 valence electrons. The number of halogens is 1. The van der Waals surface area contributed by atoms with Crippen LogP contribution in [0.1, 0.15) is 43.0 Å². The van der Waals surface area contributed by atoms with Crippen LogP contribution in [-0.4, -0.2) is 34.0 Å². The minimum Gasteiger partial charge on any atom is -0.342 e. The summed E-state index contributed by atoms with van der Waals surface area (Å²) in [6, 6.07) is 6.37. The van der Waals surface area contributed by atoms with Gasteiger partial charge in [0, 0.05) is 26.4 Å². The number of amides is 1. The van der Waals surface area contributed by atoms with Crippen molar-refractivity contribution in [3.63, 3.8) is 0 Å². The fraction of sp³-hybridized carbons (Fsp3) is 0.438. The summed E-state index contributed by atoms with van der Waals surface area (Å²) in [4.78, 5) is 17.7. The van der Waals surface area contributed by atoms with E-state index in [0.29, 0.717) is 24.7 Å². The van der Waals surface area contributed by atoms with Crippen molar-refractivity contribution in [1.82, 2.24) is 15.0 Å². The number of piperidine rings is 1. The van der Waals surface area contributed by atoms with Crippen LogP contribution < -0.4 is 0 Å². The largest absolute Gasteiger partial charge is 0.342 e. The van der Waals surface area contributed by atoms with E-state index in [4.69, 9.17) is 4.52 Å². The fourth-order valence-electron chi connectivity index (χ4n) is 2.80. The Bertz CT molecular complexity index is 671. The predicted octanol–water partition coefficient (Wildman–Crippen LogP) is 2.53. The van der Waals surface area contributed by atoms with Gasteiger partial charge in [-0.2, -0.15) is 4.98 Å². The summed E-state index contributed by atoms with van der Waals surface area (Å²) in [5, 5.41) is 3.97. The van der Waals surface area contributed by atoms with E-state index in [2.05, 4.69) is 10.1 Å². The molecule has 22 heavy (non-hydrogen) atoms. The maximum absolute atomic E-state index is 13.2. The Hall–Kier alpha value is -2.24. The molecule has 0 unspecified atom stereocenters. The van der Waals surface area contributed by atoms with Gasteiger partial charge in [0.15, 0.2) is 5.82 Å². The number of hydrogen-bond acceptors (Lipinski definition) is 4. The second-order valence-electron chi connectivity index (χ2n) is 5.66. The molecule has 3 rings (SSSR count). The molecule has 1 aromatic carbocycles. The van der Waals surface area contributed by atoms with Crippen LogP contribution in [0.5, 0.6) is 0 Å². The lowest BCUT2D eigenvalue weighted by Crippen LogP contribution is -2.37. The Balaban J connectivity index is 1.69. The van der Waals surface area contributed by atoms with Crippen LogP contribution in [0, 0.1) is 5.82 Å². The molecule has 0 radical (unpaired) electrons. The molecule has 5 nitrogen and oxygen atoms in total. The highest BCUT2D eigenvalue weighted by Crippen LogP contribution is 2.26. The van der Waals surface area contributed by atoms with Crippen molar-refractivity contribution in [2.45, 2.75) is 32.1 Å². The number of benzene rings is 1. The van der Waals surface area contributed by atoms with Crippen molar-refractivity contribution >= 4 is 5.91 Å². The van der Waals surface area contributed by atoms with Crippen molar-refractivity contribution in [3.8, 4) is 0 Å². The zero-order valence-electron chi connectivity index (χ0n) is 12.5. The zero-order valence-corrected chi connectivity index (χ0v) is 12.5. The summed E-state index contributed by atoms with van der Waals surface area (Å²) < 4.78 is 18.5. The van der Waals surface area contributed by atoms with Gasteiger partial charge >= 0.3 is 0 Å². The SMILES string of the molecule is CC(=O)N1CCC[C@H](c2nc(Cc3cccc(F)c3)no2)C1. The smallest absolute Gasteiger partial charge is 0.231 e. The van der Waals surface area contributed by atoms with Gasteiger partial charge in [-0.3, -0.25) is 4.79 Å². The second-order valence-corrected chi connectivity index (χ2v) is 5.66. The number of rotatable bonds is 3. The average Bonchev–Trinajstić information content (AvgIpc) is 2.96. The molecule has 1 amide bonds. The summed E-state index contributed by atoms with van der Waals surface area (Å²) in [6.45, 7) is 2.98. The lowest BCUT2D eigenvalue weighted by molar-refractivity contribution is -0.130. The van der Waals surface area contributed by atoms with Gasteiger partial charge in [-0.15, -0.1) is 0 Å². The molecule has 2 heterocycles. The number of carbonyl (C=O) groups excluding carboxylic acids is 1. The molecular weight excluding hydrogens is 285 g/mol. The van der Waals surface area contributed by atoms with Gasteiger partial charge in [-0.1, -0.05) is 17.3 Å². The number of hydrogen-bond donors (Lipinski definition) is 0. The molecule has 0 N–H and O–H groups in total. The van der Waals surface area contributed by atoms with Crippen molar-refractivity contribution in [1.29, 1.82) is 0 Å². The van der Waals surface area contributed by atoms with Crippen LogP contribution in [0.3, 0.4) is 0 Å². The summed E-state index contributed by atoms with van der Waals surface area (Å²) in [7, 11) is 0. The lowest BCUT2D eigenvalue weighted by Gasteiger charge is -2.29. The maximum atomic E-state index is 13.2. The molecule has 0 aliphatic carbocycles. The van der Waals surface area contributed by atoms with E-state index in [-0.39, 0.29) is 17.6 Å². The van der Waals surface area contributed by atoms with Gasteiger partial charge in [0.1, 0.15) is 5.82 Å². The Morgan fingerprint density at radius 3 is 3.14 bits per heavy atom. The van der Waals surface area contributed by atoms with Crippen molar-refractivity contribution in [3.05, 3.63) is 47.4 Å². The summed E-state index contributed by atoms with van der Waals surface area (Å²) >= 11 is 0. The minimum atomic E-state index is -0.273. The molecule has 1 aromatic heterocycles. The molecule has 1 saturated heterocycles. The quantitative estimate of drug-likeness (QED) is 0.874. The number of aromatic nitrogens is 2. The van der Waals surface area contributed by atoms with Gasteiger partial charge in [0.25, 0.3) is 0 Å². The number of nitrogens with zero attached hydrogens (tertiary/aromatic N) is 3. The van der Waals surface area contributed by atoms with E-state index in [9.17, 15) is 9.18 Å². The summed E-state index contributed by atoms with van der Waals surface area (Å²) in [5.74, 6) is 0.999. The highest BCUT2D eigenvalue weighted by molar-refractivity contribution is 5.73. The molecule has 0 spiro atoms. The van der Waals surface area contributed by atoms with Crippen LogP contribution in [0.2, 0.25) is 0 Å². The first-order chi connectivity index (χ1) is 10.6. The predicted molar refractivity (Wildman–Crippen MR) is 77.7 cm³/mol. The zero-order chi connectivity index (χ0) is 15.5. The van der Waals surface area contributed by atoms with E-state index < -0.39 is 0 Å². The molecule has 1 aliphatic heterocycles. The average molecular weight is 303 g/mol. The fourth-order valence-corrected chi connectivity index (χ4v) is 2.80. The van der Waals surface area contributed by atoms with Crippen LogP contribution in [-0.2, 0) is 11.2 Å². The van der Waals surface area contributed by atoms with E-state index in [1.165, 1.54) is 12.1 Å². The van der Waals surface area contributed by atoms with Gasteiger partial charge in [0.05, 0.1) is 5.92 Å². The van der Waals surface area contributed by atoms with Gasteiger partial charge in [-0.25, -0.2) is 4.39 Å². The monoisotopic (exact) mass is 303 g/mol. The van der Waals surface area contributed by atoms with Crippen LogP contribution >= 0.6 is 0 Å². The van der Waals surface area contributed by atoms with Crippen molar-refractivity contribution in [2.75, 3.05) is 13.1 Å². The Kier molecular flexibility index (Phi) is 4.18. The van der Waals surface area contributed by atoms with E-state index in [0.717, 1.165) is 24.9 Å². The molecule has 1 atom stereocenters. The number of likely N-dealkylation sites (tertiary alicyclic amines) is 1. The third-order valence-corrected chi connectivity index (χ3v) is 3.95. The van der Waals surface area contributed by atoms with Gasteiger partial charge in [0.2, 0.25) is 11.8 Å². The molecule has 0 saturated carbocycles. The lowest BCUT2D eigenvalue weighted by atomic mass is 9.98. The highest BCUT2D eigenvalue weighted by atomic mass is 19.1. The molecular formula is C16H18FN3O2. The molecule has 0 bridgehead atoms. The van der Waals surface area contributed by atoms with Gasteiger partial charge < -0.3 is 9.42 Å². The Morgan fingerprint density at radius 1 is 1.50 bits per heavy atom. The van der Waals surface area contributed by atoms with E-state index in [1.807, 2.05) is 11.0 Å². The summed E-state index contributed by atoms with van der Waals surface area (Å²) in [6.07, 6.45) is 2.31. The molecule has 1 fully saturated rings. The standard InChI is InChI=1S/C16H18FN3O2/c1-11(21)20-7-3-5-13(10-20)16-18-15(19-22-16)9-12-4-2-6-14(17)8-12/h2,4,6,8,13H,3,5,7,9-10H2,1H3/t13-/m0/s1. The van der Waals surface area contributed by atoms with E-state index >= 15 is 0 Å².